The first-order valence-corrected chi connectivity index (χ1v) is 5.34. The first kappa shape index (κ1) is 10.1. The van der Waals surface area contributed by atoms with Gasteiger partial charge in [0.1, 0.15) is 6.33 Å². The number of nitrogens with zero attached hydrogens (tertiary/aromatic N) is 4. The summed E-state index contributed by atoms with van der Waals surface area (Å²) in [4.78, 5) is 14.3. The van der Waals surface area contributed by atoms with Crippen LogP contribution >= 0.6 is 0 Å². The monoisotopic (exact) mass is 207 g/mol. The van der Waals surface area contributed by atoms with Crippen molar-refractivity contribution in [1.29, 1.82) is 0 Å². The third kappa shape index (κ3) is 2.34. The molecule has 0 aromatic carbocycles. The highest BCUT2D eigenvalue weighted by Crippen LogP contribution is 2.23. The van der Waals surface area contributed by atoms with Crippen molar-refractivity contribution in [2.45, 2.75) is 20.3 Å². The molecule has 2 heterocycles. The summed E-state index contributed by atoms with van der Waals surface area (Å²) in [7, 11) is 0. The summed E-state index contributed by atoms with van der Waals surface area (Å²) >= 11 is 0. The molecule has 5 heteroatoms. The van der Waals surface area contributed by atoms with E-state index in [1.807, 2.05) is 0 Å². The second-order valence-corrected chi connectivity index (χ2v) is 4.49. The summed E-state index contributed by atoms with van der Waals surface area (Å²) in [6.07, 6.45) is 2.75. The molecule has 0 saturated carbocycles. The van der Waals surface area contributed by atoms with Gasteiger partial charge in [0.2, 0.25) is 11.9 Å². The number of nitrogen functional groups attached to an aromatic ring is 1. The minimum Gasteiger partial charge on any atom is -0.368 e. The van der Waals surface area contributed by atoms with Crippen molar-refractivity contribution < 1.29 is 0 Å². The van der Waals surface area contributed by atoms with E-state index in [0.29, 0.717) is 23.7 Å². The SMILES string of the molecule is C[C@@H]1C[C@H](C)CN(c2ncnc(N)n2)C1. The zero-order valence-corrected chi connectivity index (χ0v) is 9.22. The van der Waals surface area contributed by atoms with E-state index in [0.717, 1.165) is 13.1 Å². The van der Waals surface area contributed by atoms with Crippen molar-refractivity contribution in [3.63, 3.8) is 0 Å². The molecule has 0 amide bonds. The fraction of sp³-hybridized carbons (Fsp3) is 0.700. The molecule has 0 aliphatic carbocycles. The molecule has 82 valence electrons. The van der Waals surface area contributed by atoms with Crippen molar-refractivity contribution in [3.8, 4) is 0 Å². The van der Waals surface area contributed by atoms with Crippen LogP contribution in [0.5, 0.6) is 0 Å². The summed E-state index contributed by atoms with van der Waals surface area (Å²) in [6.45, 7) is 6.53. The number of anilines is 2. The predicted molar refractivity (Wildman–Crippen MR) is 59.4 cm³/mol. The fourth-order valence-electron chi connectivity index (χ4n) is 2.28. The van der Waals surface area contributed by atoms with Gasteiger partial charge in [0.25, 0.3) is 0 Å². The summed E-state index contributed by atoms with van der Waals surface area (Å²) in [6, 6.07) is 0. The maximum Gasteiger partial charge on any atom is 0.230 e. The Labute approximate surface area is 89.7 Å². The highest BCUT2D eigenvalue weighted by Gasteiger charge is 2.23. The van der Waals surface area contributed by atoms with Gasteiger partial charge in [-0.25, -0.2) is 9.97 Å². The van der Waals surface area contributed by atoms with Gasteiger partial charge in [0.15, 0.2) is 0 Å². The minimum atomic E-state index is 0.297. The lowest BCUT2D eigenvalue weighted by Gasteiger charge is -2.34. The Morgan fingerprint density at radius 3 is 2.53 bits per heavy atom. The van der Waals surface area contributed by atoms with E-state index in [-0.39, 0.29) is 0 Å². The van der Waals surface area contributed by atoms with Crippen LogP contribution in [0.25, 0.3) is 0 Å². The second kappa shape index (κ2) is 4.00. The van der Waals surface area contributed by atoms with Crippen molar-refractivity contribution in [2.75, 3.05) is 23.7 Å². The maximum atomic E-state index is 5.55. The van der Waals surface area contributed by atoms with Crippen molar-refractivity contribution in [1.82, 2.24) is 15.0 Å². The predicted octanol–water partition coefficient (Wildman–Crippen LogP) is 0.936. The van der Waals surface area contributed by atoms with Crippen molar-refractivity contribution >= 4 is 11.9 Å². The summed E-state index contributed by atoms with van der Waals surface area (Å²) in [5.41, 5.74) is 5.55. The first-order valence-electron chi connectivity index (χ1n) is 5.34. The number of hydrogen-bond donors (Lipinski definition) is 1. The summed E-state index contributed by atoms with van der Waals surface area (Å²) in [5, 5.41) is 0. The van der Waals surface area contributed by atoms with Crippen LogP contribution in [0.15, 0.2) is 6.33 Å². The number of piperidine rings is 1. The minimum absolute atomic E-state index is 0.297. The molecule has 1 aromatic heterocycles. The van der Waals surface area contributed by atoms with E-state index in [4.69, 9.17) is 5.73 Å². The average Bonchev–Trinajstić information content (AvgIpc) is 2.16. The van der Waals surface area contributed by atoms with E-state index in [2.05, 4.69) is 33.7 Å². The molecule has 1 aliphatic heterocycles. The average molecular weight is 207 g/mol. The Bertz CT molecular complexity index is 330. The molecule has 2 atom stereocenters. The lowest BCUT2D eigenvalue weighted by molar-refractivity contribution is 0.353. The third-order valence-electron chi connectivity index (χ3n) is 2.73. The molecule has 5 nitrogen and oxygen atoms in total. The van der Waals surface area contributed by atoms with Crippen LogP contribution in [-0.4, -0.2) is 28.0 Å². The zero-order valence-electron chi connectivity index (χ0n) is 9.22. The Morgan fingerprint density at radius 1 is 1.27 bits per heavy atom. The van der Waals surface area contributed by atoms with Crippen LogP contribution in [0.3, 0.4) is 0 Å². The van der Waals surface area contributed by atoms with Gasteiger partial charge >= 0.3 is 0 Å². The third-order valence-corrected chi connectivity index (χ3v) is 2.73. The van der Waals surface area contributed by atoms with E-state index >= 15 is 0 Å². The van der Waals surface area contributed by atoms with Gasteiger partial charge in [0, 0.05) is 13.1 Å². The van der Waals surface area contributed by atoms with E-state index in [1.54, 1.807) is 0 Å². The smallest absolute Gasteiger partial charge is 0.230 e. The number of hydrogen-bond acceptors (Lipinski definition) is 5. The highest BCUT2D eigenvalue weighted by molar-refractivity contribution is 5.33. The maximum absolute atomic E-state index is 5.55. The topological polar surface area (TPSA) is 67.9 Å². The van der Waals surface area contributed by atoms with Gasteiger partial charge in [-0.15, -0.1) is 0 Å². The number of nitrogens with two attached hydrogens (primary N) is 1. The number of aromatic nitrogens is 3. The first-order chi connectivity index (χ1) is 7.15. The molecule has 0 radical (unpaired) electrons. The van der Waals surface area contributed by atoms with Gasteiger partial charge in [-0.2, -0.15) is 4.98 Å². The second-order valence-electron chi connectivity index (χ2n) is 4.49. The summed E-state index contributed by atoms with van der Waals surface area (Å²) in [5.74, 6) is 2.38. The molecule has 0 spiro atoms. The molecule has 2 N–H and O–H groups in total. The van der Waals surface area contributed by atoms with Crippen LogP contribution in [0.2, 0.25) is 0 Å². The zero-order chi connectivity index (χ0) is 10.8. The van der Waals surface area contributed by atoms with E-state index in [9.17, 15) is 0 Å². The quantitative estimate of drug-likeness (QED) is 0.742. The number of rotatable bonds is 1. The highest BCUT2D eigenvalue weighted by atomic mass is 15.3. The lowest BCUT2D eigenvalue weighted by atomic mass is 9.92. The molecule has 1 saturated heterocycles. The molecule has 1 aliphatic rings. The van der Waals surface area contributed by atoms with Crippen LogP contribution in [-0.2, 0) is 0 Å². The van der Waals surface area contributed by atoms with Crippen molar-refractivity contribution in [2.24, 2.45) is 11.8 Å². The summed E-state index contributed by atoms with van der Waals surface area (Å²) < 4.78 is 0. The van der Waals surface area contributed by atoms with E-state index < -0.39 is 0 Å². The van der Waals surface area contributed by atoms with Crippen LogP contribution < -0.4 is 10.6 Å². The van der Waals surface area contributed by atoms with Crippen molar-refractivity contribution in [3.05, 3.63) is 6.33 Å². The molecule has 15 heavy (non-hydrogen) atoms. The molecule has 0 unspecified atom stereocenters. The Kier molecular flexibility index (Phi) is 2.70. The van der Waals surface area contributed by atoms with Gasteiger partial charge < -0.3 is 10.6 Å². The largest absolute Gasteiger partial charge is 0.368 e. The van der Waals surface area contributed by atoms with Crippen LogP contribution in [0.1, 0.15) is 20.3 Å². The lowest BCUT2D eigenvalue weighted by Crippen LogP contribution is -2.39. The van der Waals surface area contributed by atoms with Crippen LogP contribution in [0, 0.1) is 11.8 Å². The molecule has 1 aromatic rings. The molecular formula is C10H17N5. The van der Waals surface area contributed by atoms with Gasteiger partial charge in [0.05, 0.1) is 0 Å². The van der Waals surface area contributed by atoms with Gasteiger partial charge in [-0.1, -0.05) is 13.8 Å². The Morgan fingerprint density at radius 2 is 1.93 bits per heavy atom. The van der Waals surface area contributed by atoms with Gasteiger partial charge in [-0.05, 0) is 18.3 Å². The normalized spacial score (nSPS) is 26.7. The van der Waals surface area contributed by atoms with Crippen LogP contribution in [0.4, 0.5) is 11.9 Å². The van der Waals surface area contributed by atoms with E-state index in [1.165, 1.54) is 12.7 Å². The van der Waals surface area contributed by atoms with Gasteiger partial charge in [-0.3, -0.25) is 0 Å². The Hall–Kier alpha value is -1.39. The molecule has 1 fully saturated rings. The standard InChI is InChI=1S/C10H17N5/c1-7-3-8(2)5-15(4-7)10-13-6-12-9(11)14-10/h6-8H,3-5H2,1-2H3,(H2,11,12,13,14)/t7-,8+. The molecular weight excluding hydrogens is 190 g/mol. The molecule has 2 rings (SSSR count). The fourth-order valence-corrected chi connectivity index (χ4v) is 2.28. The Balaban J connectivity index is 2.16. The molecule has 0 bridgehead atoms.